The maximum absolute atomic E-state index is 5.91. The van der Waals surface area contributed by atoms with Crippen LogP contribution in [0.5, 0.6) is 0 Å². The highest BCUT2D eigenvalue weighted by Crippen LogP contribution is 2.23. The van der Waals surface area contributed by atoms with Crippen LogP contribution in [-0.4, -0.2) is 53.6 Å². The molecular weight excluding hydrogens is 296 g/mol. The summed E-state index contributed by atoms with van der Waals surface area (Å²) < 4.78 is 5.91. The van der Waals surface area contributed by atoms with Crippen LogP contribution in [0.25, 0.3) is 0 Å². The Hall–Kier alpha value is -1.21. The summed E-state index contributed by atoms with van der Waals surface area (Å²) in [4.78, 5) is 15.3. The summed E-state index contributed by atoms with van der Waals surface area (Å²) >= 11 is 1.88. The first-order valence-corrected chi connectivity index (χ1v) is 8.49. The van der Waals surface area contributed by atoms with Crippen LogP contribution < -0.4 is 0 Å². The van der Waals surface area contributed by atoms with Crippen molar-refractivity contribution in [3.05, 3.63) is 39.6 Å². The Morgan fingerprint density at radius 1 is 1.45 bits per heavy atom. The number of hydrogen-bond acceptors (Lipinski definition) is 5. The van der Waals surface area contributed by atoms with Gasteiger partial charge in [0, 0.05) is 47.8 Å². The van der Waals surface area contributed by atoms with Crippen LogP contribution in [0.15, 0.2) is 18.3 Å². The Kier molecular flexibility index (Phi) is 4.93. The zero-order chi connectivity index (χ0) is 15.5. The number of hydrogen-bond donors (Lipinski definition) is 1. The molecule has 0 spiro atoms. The van der Waals surface area contributed by atoms with Crippen LogP contribution in [0.1, 0.15) is 27.4 Å². The van der Waals surface area contributed by atoms with E-state index < -0.39 is 0 Å². The number of aromatic nitrogens is 2. The van der Waals surface area contributed by atoms with E-state index >= 15 is 0 Å². The van der Waals surface area contributed by atoms with Crippen molar-refractivity contribution in [2.75, 3.05) is 33.8 Å². The average Bonchev–Trinajstić information content (AvgIpc) is 3.08. The van der Waals surface area contributed by atoms with E-state index in [1.165, 1.54) is 9.75 Å². The van der Waals surface area contributed by atoms with Crippen molar-refractivity contribution in [2.45, 2.75) is 26.1 Å². The van der Waals surface area contributed by atoms with Gasteiger partial charge in [0.25, 0.3) is 0 Å². The molecule has 2 aromatic heterocycles. The summed E-state index contributed by atoms with van der Waals surface area (Å²) in [6.07, 6.45) is 1.96. The molecule has 3 rings (SSSR count). The van der Waals surface area contributed by atoms with Gasteiger partial charge in [0.05, 0.1) is 6.61 Å². The molecule has 1 atom stereocenters. The molecule has 0 radical (unpaired) electrons. The molecule has 0 aromatic carbocycles. The van der Waals surface area contributed by atoms with E-state index in [0.29, 0.717) is 0 Å². The van der Waals surface area contributed by atoms with E-state index in [4.69, 9.17) is 4.74 Å². The zero-order valence-electron chi connectivity index (χ0n) is 13.5. The van der Waals surface area contributed by atoms with Gasteiger partial charge in [-0.15, -0.1) is 11.3 Å². The Bertz CT molecular complexity index is 607. The van der Waals surface area contributed by atoms with Crippen molar-refractivity contribution in [2.24, 2.45) is 0 Å². The minimum Gasteiger partial charge on any atom is -0.368 e. The Labute approximate surface area is 135 Å². The van der Waals surface area contributed by atoms with Crippen molar-refractivity contribution in [1.29, 1.82) is 0 Å². The summed E-state index contributed by atoms with van der Waals surface area (Å²) in [6, 6.07) is 4.42. The molecule has 0 unspecified atom stereocenters. The fourth-order valence-electron chi connectivity index (χ4n) is 2.76. The molecule has 0 saturated carbocycles. The molecule has 1 N–H and O–H groups in total. The number of morpholine rings is 1. The standard InChI is InChI=1S/C16H24N4OS/c1-12-4-5-14(22-12)10-20-6-7-21-15(11-20)16-17-8-13(18-16)9-19(2)3/h4-5,8,15H,6-7,9-11H2,1-3H3,(H,17,18)/t15-/m1/s1. The lowest BCUT2D eigenvalue weighted by Gasteiger charge is -2.31. The number of nitrogens with zero attached hydrogens (tertiary/aromatic N) is 3. The molecule has 5 nitrogen and oxygen atoms in total. The molecular formula is C16H24N4OS. The molecule has 0 amide bonds. The monoisotopic (exact) mass is 320 g/mol. The molecule has 22 heavy (non-hydrogen) atoms. The largest absolute Gasteiger partial charge is 0.368 e. The van der Waals surface area contributed by atoms with Gasteiger partial charge in [0.1, 0.15) is 11.9 Å². The lowest BCUT2D eigenvalue weighted by molar-refractivity contribution is -0.0366. The van der Waals surface area contributed by atoms with Crippen molar-refractivity contribution < 1.29 is 4.74 Å². The number of aryl methyl sites for hydroxylation is 1. The molecule has 0 bridgehead atoms. The number of rotatable bonds is 5. The second kappa shape index (κ2) is 6.91. The maximum atomic E-state index is 5.91. The molecule has 0 aliphatic carbocycles. The summed E-state index contributed by atoms with van der Waals surface area (Å²) in [6.45, 7) is 6.68. The second-order valence-corrected chi connectivity index (χ2v) is 7.51. The lowest BCUT2D eigenvalue weighted by atomic mass is 10.2. The van der Waals surface area contributed by atoms with E-state index in [9.17, 15) is 0 Å². The SMILES string of the molecule is Cc1ccc(CN2CCO[C@@H](c3ncc(CN(C)C)[nH]3)C2)s1. The van der Waals surface area contributed by atoms with Crippen LogP contribution >= 0.6 is 11.3 Å². The topological polar surface area (TPSA) is 44.4 Å². The summed E-state index contributed by atoms with van der Waals surface area (Å²) in [5.41, 5.74) is 1.13. The number of imidazole rings is 1. The van der Waals surface area contributed by atoms with E-state index in [0.717, 1.165) is 44.3 Å². The number of H-pyrrole nitrogens is 1. The van der Waals surface area contributed by atoms with Gasteiger partial charge in [-0.05, 0) is 33.2 Å². The van der Waals surface area contributed by atoms with Crippen molar-refractivity contribution in [3.8, 4) is 0 Å². The van der Waals surface area contributed by atoms with Gasteiger partial charge >= 0.3 is 0 Å². The minimum atomic E-state index is 0.0470. The zero-order valence-corrected chi connectivity index (χ0v) is 14.3. The van der Waals surface area contributed by atoms with E-state index in [-0.39, 0.29) is 6.10 Å². The van der Waals surface area contributed by atoms with Gasteiger partial charge in [-0.1, -0.05) is 0 Å². The molecule has 1 aliphatic heterocycles. The van der Waals surface area contributed by atoms with Gasteiger partial charge in [-0.25, -0.2) is 4.98 Å². The molecule has 6 heteroatoms. The van der Waals surface area contributed by atoms with Gasteiger partial charge < -0.3 is 14.6 Å². The smallest absolute Gasteiger partial charge is 0.136 e. The van der Waals surface area contributed by atoms with Crippen LogP contribution in [0.3, 0.4) is 0 Å². The Morgan fingerprint density at radius 2 is 2.32 bits per heavy atom. The third kappa shape index (κ3) is 3.95. The summed E-state index contributed by atoms with van der Waals surface area (Å²) in [7, 11) is 4.12. The highest BCUT2D eigenvalue weighted by molar-refractivity contribution is 7.11. The molecule has 3 heterocycles. The fraction of sp³-hybridized carbons (Fsp3) is 0.562. The maximum Gasteiger partial charge on any atom is 0.136 e. The highest BCUT2D eigenvalue weighted by Gasteiger charge is 2.24. The number of nitrogens with one attached hydrogen (secondary N) is 1. The third-order valence-electron chi connectivity index (χ3n) is 3.77. The van der Waals surface area contributed by atoms with Crippen LogP contribution in [0.4, 0.5) is 0 Å². The average molecular weight is 320 g/mol. The number of thiophene rings is 1. The second-order valence-electron chi connectivity index (χ2n) is 6.14. The minimum absolute atomic E-state index is 0.0470. The summed E-state index contributed by atoms with van der Waals surface area (Å²) in [5, 5.41) is 0. The first kappa shape index (κ1) is 15.7. The first-order chi connectivity index (χ1) is 10.6. The van der Waals surface area contributed by atoms with Gasteiger partial charge in [-0.3, -0.25) is 4.90 Å². The lowest BCUT2D eigenvalue weighted by Crippen LogP contribution is -2.38. The molecule has 120 valence electrons. The molecule has 1 fully saturated rings. The van der Waals surface area contributed by atoms with Crippen LogP contribution in [0, 0.1) is 6.92 Å². The molecule has 1 saturated heterocycles. The molecule has 2 aromatic rings. The van der Waals surface area contributed by atoms with Crippen molar-refractivity contribution in [1.82, 2.24) is 19.8 Å². The Balaban J connectivity index is 1.61. The predicted octanol–water partition coefficient (Wildman–Crippen LogP) is 2.41. The quantitative estimate of drug-likeness (QED) is 0.919. The predicted molar refractivity (Wildman–Crippen MR) is 89.0 cm³/mol. The molecule has 1 aliphatic rings. The van der Waals surface area contributed by atoms with Crippen molar-refractivity contribution in [3.63, 3.8) is 0 Å². The normalized spacial score (nSPS) is 19.9. The third-order valence-corrected chi connectivity index (χ3v) is 4.75. The fourth-order valence-corrected chi connectivity index (χ4v) is 3.70. The van der Waals surface area contributed by atoms with Gasteiger partial charge in [0.2, 0.25) is 0 Å². The van der Waals surface area contributed by atoms with E-state index in [2.05, 4.69) is 52.9 Å². The first-order valence-electron chi connectivity index (χ1n) is 7.68. The van der Waals surface area contributed by atoms with Gasteiger partial charge in [-0.2, -0.15) is 0 Å². The number of aromatic amines is 1. The van der Waals surface area contributed by atoms with E-state index in [1.807, 2.05) is 17.5 Å². The highest BCUT2D eigenvalue weighted by atomic mass is 32.1. The Morgan fingerprint density at radius 3 is 3.05 bits per heavy atom. The van der Waals surface area contributed by atoms with Crippen LogP contribution in [-0.2, 0) is 17.8 Å². The van der Waals surface area contributed by atoms with E-state index in [1.54, 1.807) is 0 Å². The summed E-state index contributed by atoms with van der Waals surface area (Å²) in [5.74, 6) is 0.948. The van der Waals surface area contributed by atoms with Crippen LogP contribution in [0.2, 0.25) is 0 Å². The van der Waals surface area contributed by atoms with Gasteiger partial charge in [0.15, 0.2) is 0 Å². The van der Waals surface area contributed by atoms with Crippen molar-refractivity contribution >= 4 is 11.3 Å². The number of ether oxygens (including phenoxy) is 1.